The zero-order valence-corrected chi connectivity index (χ0v) is 24.8. The number of rotatable bonds is 12. The summed E-state index contributed by atoms with van der Waals surface area (Å²) in [6.45, 7) is 17.9. The Hall–Kier alpha value is -2.34. The van der Waals surface area contributed by atoms with Gasteiger partial charge in [-0.25, -0.2) is 5.09 Å². The van der Waals surface area contributed by atoms with Crippen molar-refractivity contribution in [3.8, 4) is 22.6 Å². The fraction of sp³-hybridized carbons (Fsp3) is 0.552. The van der Waals surface area contributed by atoms with Crippen molar-refractivity contribution >= 4 is 13.5 Å². The van der Waals surface area contributed by atoms with Crippen LogP contribution in [0.3, 0.4) is 0 Å². The Bertz CT molecular complexity index is 1100. The van der Waals surface area contributed by atoms with Gasteiger partial charge in [-0.05, 0) is 88.2 Å². The first-order valence-corrected chi connectivity index (χ1v) is 14.8. The molecule has 0 heterocycles. The molecule has 0 saturated heterocycles. The van der Waals surface area contributed by atoms with Crippen LogP contribution in [0, 0.1) is 0 Å². The highest BCUT2D eigenvalue weighted by molar-refractivity contribution is 7.57. The van der Waals surface area contributed by atoms with Crippen LogP contribution in [0.1, 0.15) is 108 Å². The normalized spacial score (nSPS) is 14.4. The van der Waals surface area contributed by atoms with Gasteiger partial charge in [-0.1, -0.05) is 55.4 Å². The number of carbonyl (C=O) groups is 1. The second-order valence-electron chi connectivity index (χ2n) is 11.0. The quantitative estimate of drug-likeness (QED) is 0.239. The molecule has 0 saturated carbocycles. The van der Waals surface area contributed by atoms with Gasteiger partial charge in [0.1, 0.15) is 23.9 Å². The second kappa shape index (κ2) is 12.5. The zero-order valence-electron chi connectivity index (χ0n) is 23.9. The molecule has 0 aliphatic carbocycles. The highest BCUT2D eigenvalue weighted by Gasteiger charge is 2.32. The molecule has 0 fully saturated rings. The van der Waals surface area contributed by atoms with Crippen molar-refractivity contribution in [2.75, 3.05) is 13.5 Å². The van der Waals surface area contributed by atoms with Gasteiger partial charge in [0.15, 0.2) is 0 Å². The van der Waals surface area contributed by atoms with Crippen molar-refractivity contribution < 1.29 is 28.8 Å². The number of carboxylic acid groups (broad SMARTS) is 1. The zero-order chi connectivity index (χ0) is 28.2. The number of ether oxygens (including phenoxy) is 1. The summed E-state index contributed by atoms with van der Waals surface area (Å²) in [6, 6.07) is 7.10. The molecule has 37 heavy (non-hydrogen) atoms. The maximum absolute atomic E-state index is 13.7. The molecule has 3 N–H and O–H groups in total. The van der Waals surface area contributed by atoms with Crippen LogP contribution >= 0.6 is 7.52 Å². The van der Waals surface area contributed by atoms with Gasteiger partial charge >= 0.3 is 13.5 Å². The summed E-state index contributed by atoms with van der Waals surface area (Å²) in [5.74, 6) is 0.0795. The van der Waals surface area contributed by atoms with Gasteiger partial charge in [0.25, 0.3) is 0 Å². The number of hydrogen-bond donors (Lipinski definition) is 3. The topological polar surface area (TPSA) is 105 Å². The summed E-state index contributed by atoms with van der Waals surface area (Å²) in [4.78, 5) is 11.5. The van der Waals surface area contributed by atoms with Crippen LogP contribution in [0.2, 0.25) is 0 Å². The van der Waals surface area contributed by atoms with Crippen LogP contribution in [0.25, 0.3) is 11.1 Å². The van der Waals surface area contributed by atoms with Crippen molar-refractivity contribution in [3.63, 3.8) is 0 Å². The molecule has 2 aromatic carbocycles. The van der Waals surface area contributed by atoms with Crippen LogP contribution in [-0.2, 0) is 14.1 Å². The third-order valence-corrected chi connectivity index (χ3v) is 8.29. The molecule has 2 rings (SSSR count). The molecule has 0 amide bonds. The van der Waals surface area contributed by atoms with Crippen molar-refractivity contribution in [2.45, 2.75) is 92.0 Å². The molecule has 0 aromatic heterocycles. The van der Waals surface area contributed by atoms with Crippen LogP contribution in [0.5, 0.6) is 11.5 Å². The monoisotopic (exact) mass is 533 g/mol. The summed E-state index contributed by atoms with van der Waals surface area (Å²) in [5, 5.41) is 22.9. The van der Waals surface area contributed by atoms with E-state index in [4.69, 9.17) is 9.26 Å². The lowest BCUT2D eigenvalue weighted by molar-refractivity contribution is -0.138. The third-order valence-electron chi connectivity index (χ3n) is 6.44. The predicted molar refractivity (Wildman–Crippen MR) is 150 cm³/mol. The number of hydrogen-bond acceptors (Lipinski definition) is 5. The molecule has 7 nitrogen and oxygen atoms in total. The molecule has 0 spiro atoms. The van der Waals surface area contributed by atoms with Gasteiger partial charge in [0, 0.05) is 7.11 Å². The Morgan fingerprint density at radius 1 is 0.811 bits per heavy atom. The Kier molecular flexibility index (Phi) is 10.4. The first-order valence-electron chi connectivity index (χ1n) is 12.9. The fourth-order valence-electron chi connectivity index (χ4n) is 4.29. The van der Waals surface area contributed by atoms with E-state index in [2.05, 4.69) is 32.8 Å². The highest BCUT2D eigenvalue weighted by Crippen LogP contribution is 2.50. The van der Waals surface area contributed by atoms with E-state index < -0.39 is 19.5 Å². The predicted octanol–water partition coefficient (Wildman–Crippen LogP) is 7.79. The number of phenols is 1. The molecule has 2 unspecified atom stereocenters. The maximum Gasteiger partial charge on any atom is 0.342 e. The molecule has 2 atom stereocenters. The average molecular weight is 534 g/mol. The van der Waals surface area contributed by atoms with Crippen LogP contribution in [-0.4, -0.2) is 35.7 Å². The molecule has 0 aliphatic heterocycles. The molecule has 206 valence electrons. The van der Waals surface area contributed by atoms with E-state index in [9.17, 15) is 19.6 Å². The minimum Gasteiger partial charge on any atom is -0.507 e. The largest absolute Gasteiger partial charge is 0.507 e. The SMILES string of the molecule is COCP(=O)(NC(C)C(=O)O)Oc1c(C(C)C)cc(-c2cc(C(C)C)c(O)c(C(C)C)c2)cc1C(C)C. The summed E-state index contributed by atoms with van der Waals surface area (Å²) in [6.07, 6.45) is -0.269. The Balaban J connectivity index is 2.79. The number of benzene rings is 2. The van der Waals surface area contributed by atoms with E-state index >= 15 is 0 Å². The van der Waals surface area contributed by atoms with Crippen LogP contribution in [0.15, 0.2) is 24.3 Å². The standard InChI is InChI=1S/C29H44NO6P/c1-16(2)23-11-21(12-24(17(3)4)27(23)31)22-13-25(18(5)6)28(26(14-22)19(7)8)36-37(34,15-35-10)30-20(9)29(32)33/h11-14,16-20,31H,15H2,1-10H3,(H,30,34)(H,32,33). The van der Waals surface area contributed by atoms with Crippen LogP contribution in [0.4, 0.5) is 0 Å². The molecule has 0 bridgehead atoms. The second-order valence-corrected chi connectivity index (χ2v) is 13.0. The summed E-state index contributed by atoms with van der Waals surface area (Å²) in [7, 11) is -2.30. The van der Waals surface area contributed by atoms with Crippen molar-refractivity contribution in [2.24, 2.45) is 0 Å². The molecular weight excluding hydrogens is 489 g/mol. The lowest BCUT2D eigenvalue weighted by Gasteiger charge is -2.27. The minimum atomic E-state index is -3.71. The molecule has 2 aromatic rings. The number of aliphatic carboxylic acids is 1. The number of nitrogens with one attached hydrogen (secondary N) is 1. The number of methoxy groups -OCH3 is 1. The Morgan fingerprint density at radius 2 is 1.19 bits per heavy atom. The summed E-state index contributed by atoms with van der Waals surface area (Å²) < 4.78 is 25.1. The van der Waals surface area contributed by atoms with Gasteiger partial charge in [-0.2, -0.15) is 0 Å². The first kappa shape index (κ1) is 30.9. The Labute approximate surface area is 222 Å². The summed E-state index contributed by atoms with van der Waals surface area (Å²) in [5.41, 5.74) is 5.51. The van der Waals surface area contributed by atoms with Crippen molar-refractivity contribution in [3.05, 3.63) is 46.5 Å². The van der Waals surface area contributed by atoms with E-state index in [0.29, 0.717) is 11.5 Å². The molecule has 0 aliphatic rings. The van der Waals surface area contributed by atoms with E-state index in [1.54, 1.807) is 0 Å². The fourth-order valence-corrected chi connectivity index (χ4v) is 6.02. The van der Waals surface area contributed by atoms with Crippen LogP contribution < -0.4 is 9.61 Å². The van der Waals surface area contributed by atoms with E-state index in [1.807, 2.05) is 52.0 Å². The lowest BCUT2D eigenvalue weighted by atomic mass is 9.86. The first-order chi connectivity index (χ1) is 17.1. The van der Waals surface area contributed by atoms with E-state index in [1.165, 1.54) is 14.0 Å². The van der Waals surface area contributed by atoms with Crippen molar-refractivity contribution in [1.82, 2.24) is 5.09 Å². The Morgan fingerprint density at radius 3 is 1.51 bits per heavy atom. The van der Waals surface area contributed by atoms with Gasteiger partial charge in [-0.3, -0.25) is 9.36 Å². The van der Waals surface area contributed by atoms with Gasteiger partial charge in [0.2, 0.25) is 0 Å². The third kappa shape index (κ3) is 7.37. The summed E-state index contributed by atoms with van der Waals surface area (Å²) >= 11 is 0. The van der Waals surface area contributed by atoms with E-state index in [0.717, 1.165) is 33.4 Å². The van der Waals surface area contributed by atoms with E-state index in [-0.39, 0.29) is 30.0 Å². The molecule has 8 heteroatoms. The number of aromatic hydroxyl groups is 1. The van der Waals surface area contributed by atoms with Crippen molar-refractivity contribution in [1.29, 1.82) is 0 Å². The average Bonchev–Trinajstić information content (AvgIpc) is 2.78. The molecule has 0 radical (unpaired) electrons. The lowest BCUT2D eigenvalue weighted by Crippen LogP contribution is -2.34. The minimum absolute atomic E-state index is 0.0339. The van der Waals surface area contributed by atoms with Gasteiger partial charge in [-0.15, -0.1) is 0 Å². The number of carboxylic acids is 1. The number of phenolic OH excluding ortho intramolecular Hbond substituents is 1. The smallest absolute Gasteiger partial charge is 0.342 e. The van der Waals surface area contributed by atoms with Gasteiger partial charge < -0.3 is 19.5 Å². The maximum atomic E-state index is 13.7. The molecular formula is C29H44NO6P. The highest BCUT2D eigenvalue weighted by atomic mass is 31.2. The van der Waals surface area contributed by atoms with Gasteiger partial charge in [0.05, 0.1) is 0 Å².